The number of para-hydroxylation sites is 1. The molecule has 0 spiro atoms. The number of hydrogen-bond acceptors (Lipinski definition) is 3. The van der Waals surface area contributed by atoms with Gasteiger partial charge in [0.15, 0.2) is 0 Å². The van der Waals surface area contributed by atoms with Crippen LogP contribution in [0.3, 0.4) is 0 Å². The van der Waals surface area contributed by atoms with Crippen LogP contribution >= 0.6 is 0 Å². The van der Waals surface area contributed by atoms with Gasteiger partial charge in [-0.2, -0.15) is 0 Å². The van der Waals surface area contributed by atoms with E-state index >= 15 is 0 Å². The Balaban J connectivity index is 1.99. The number of aromatic nitrogens is 2. The van der Waals surface area contributed by atoms with Crippen LogP contribution in [-0.2, 0) is 11.3 Å². The van der Waals surface area contributed by atoms with Gasteiger partial charge in [-0.05, 0) is 25.5 Å². The summed E-state index contributed by atoms with van der Waals surface area (Å²) in [4.78, 5) is 33.5. The minimum absolute atomic E-state index is 0.129. The Morgan fingerprint density at radius 2 is 1.88 bits per heavy atom. The molecular formula is C19H27N3O2. The predicted molar refractivity (Wildman–Crippen MR) is 96.8 cm³/mol. The van der Waals surface area contributed by atoms with Crippen molar-refractivity contribution in [3.63, 3.8) is 0 Å². The Hall–Kier alpha value is -2.17. The van der Waals surface area contributed by atoms with Gasteiger partial charge in [0.25, 0.3) is 5.56 Å². The van der Waals surface area contributed by atoms with Gasteiger partial charge in [-0.25, -0.2) is 4.98 Å². The number of nitrogens with zero attached hydrogens (tertiary/aromatic N) is 2. The second kappa shape index (κ2) is 9.21. The minimum Gasteiger partial charge on any atom is -0.336 e. The number of H-pyrrole nitrogens is 1. The van der Waals surface area contributed by atoms with E-state index in [0.717, 1.165) is 12.8 Å². The van der Waals surface area contributed by atoms with Crippen molar-refractivity contribution in [2.45, 2.75) is 58.9 Å². The van der Waals surface area contributed by atoms with Crippen LogP contribution in [-0.4, -0.2) is 27.3 Å². The number of nitrogens with one attached hydrogen (secondary N) is 1. The topological polar surface area (TPSA) is 66.1 Å². The predicted octanol–water partition coefficient (Wildman–Crippen LogP) is 3.63. The molecule has 0 aliphatic carbocycles. The van der Waals surface area contributed by atoms with E-state index in [9.17, 15) is 9.59 Å². The van der Waals surface area contributed by atoms with Crippen LogP contribution in [0.25, 0.3) is 10.9 Å². The third-order valence-corrected chi connectivity index (χ3v) is 4.23. The van der Waals surface area contributed by atoms with E-state index in [1.165, 1.54) is 19.3 Å². The number of unbranched alkanes of at least 4 members (excludes halogenated alkanes) is 4. The molecule has 2 aromatic rings. The van der Waals surface area contributed by atoms with Gasteiger partial charge in [-0.1, -0.05) is 44.7 Å². The van der Waals surface area contributed by atoms with Crippen molar-refractivity contribution in [3.8, 4) is 0 Å². The highest BCUT2D eigenvalue weighted by Crippen LogP contribution is 2.10. The quantitative estimate of drug-likeness (QED) is 0.714. The molecule has 1 aromatic heterocycles. The standard InChI is InChI=1S/C19H27N3O2/c1-3-5-6-7-8-13-18(23)22(4-2)14-17-20-16-12-10-9-11-15(16)19(24)21-17/h9-12H,3-8,13-14H2,1-2H3,(H,20,21,24). The maximum Gasteiger partial charge on any atom is 0.258 e. The lowest BCUT2D eigenvalue weighted by atomic mass is 10.1. The molecule has 1 N–H and O–H groups in total. The molecule has 1 amide bonds. The molecule has 130 valence electrons. The molecule has 0 unspecified atom stereocenters. The van der Waals surface area contributed by atoms with E-state index in [2.05, 4.69) is 16.9 Å². The highest BCUT2D eigenvalue weighted by atomic mass is 16.2. The highest BCUT2D eigenvalue weighted by Gasteiger charge is 2.14. The van der Waals surface area contributed by atoms with Gasteiger partial charge in [-0.15, -0.1) is 0 Å². The summed E-state index contributed by atoms with van der Waals surface area (Å²) >= 11 is 0. The summed E-state index contributed by atoms with van der Waals surface area (Å²) in [5.41, 5.74) is 0.512. The number of rotatable bonds is 9. The fraction of sp³-hybridized carbons (Fsp3) is 0.526. The third kappa shape index (κ3) is 4.91. The average molecular weight is 329 g/mol. The molecule has 0 saturated carbocycles. The summed E-state index contributed by atoms with van der Waals surface area (Å²) < 4.78 is 0. The van der Waals surface area contributed by atoms with Crippen molar-refractivity contribution in [1.82, 2.24) is 14.9 Å². The molecule has 0 bridgehead atoms. The van der Waals surface area contributed by atoms with Crippen molar-refractivity contribution >= 4 is 16.8 Å². The molecule has 0 aliphatic rings. The molecule has 24 heavy (non-hydrogen) atoms. The van der Waals surface area contributed by atoms with Gasteiger partial charge < -0.3 is 9.88 Å². The summed E-state index contributed by atoms with van der Waals surface area (Å²) in [7, 11) is 0. The lowest BCUT2D eigenvalue weighted by Gasteiger charge is -2.20. The highest BCUT2D eigenvalue weighted by molar-refractivity contribution is 5.77. The monoisotopic (exact) mass is 329 g/mol. The largest absolute Gasteiger partial charge is 0.336 e. The molecule has 0 saturated heterocycles. The van der Waals surface area contributed by atoms with E-state index in [4.69, 9.17) is 0 Å². The molecule has 0 aliphatic heterocycles. The van der Waals surface area contributed by atoms with Gasteiger partial charge in [0.2, 0.25) is 5.91 Å². The fourth-order valence-corrected chi connectivity index (χ4v) is 2.80. The van der Waals surface area contributed by atoms with Gasteiger partial charge in [0.1, 0.15) is 5.82 Å². The first-order chi connectivity index (χ1) is 11.7. The molecule has 0 atom stereocenters. The average Bonchev–Trinajstić information content (AvgIpc) is 2.59. The summed E-state index contributed by atoms with van der Waals surface area (Å²) in [6.07, 6.45) is 6.22. The minimum atomic E-state index is -0.154. The lowest BCUT2D eigenvalue weighted by Crippen LogP contribution is -2.31. The summed E-state index contributed by atoms with van der Waals surface area (Å²) in [6.45, 7) is 5.10. The van der Waals surface area contributed by atoms with Crippen molar-refractivity contribution in [1.29, 1.82) is 0 Å². The number of amides is 1. The smallest absolute Gasteiger partial charge is 0.258 e. The van der Waals surface area contributed by atoms with Gasteiger partial charge in [-0.3, -0.25) is 9.59 Å². The van der Waals surface area contributed by atoms with Crippen LogP contribution in [0.15, 0.2) is 29.1 Å². The fourth-order valence-electron chi connectivity index (χ4n) is 2.80. The van der Waals surface area contributed by atoms with E-state index in [0.29, 0.717) is 36.2 Å². The molecule has 5 nitrogen and oxygen atoms in total. The summed E-state index contributed by atoms with van der Waals surface area (Å²) in [5, 5.41) is 0.576. The third-order valence-electron chi connectivity index (χ3n) is 4.23. The molecular weight excluding hydrogens is 302 g/mol. The zero-order valence-electron chi connectivity index (χ0n) is 14.7. The number of fused-ring (bicyclic) bond motifs is 1. The van der Waals surface area contributed by atoms with Gasteiger partial charge in [0, 0.05) is 13.0 Å². The first-order valence-corrected chi connectivity index (χ1v) is 8.91. The zero-order valence-corrected chi connectivity index (χ0v) is 14.7. The Morgan fingerprint density at radius 1 is 1.12 bits per heavy atom. The Kier molecular flexibility index (Phi) is 6.97. The van der Waals surface area contributed by atoms with Crippen LogP contribution in [0.5, 0.6) is 0 Å². The summed E-state index contributed by atoms with van der Waals surface area (Å²) in [5.74, 6) is 0.671. The molecule has 5 heteroatoms. The lowest BCUT2D eigenvalue weighted by molar-refractivity contribution is -0.131. The second-order valence-electron chi connectivity index (χ2n) is 6.10. The number of carbonyl (C=O) groups is 1. The van der Waals surface area contributed by atoms with Gasteiger partial charge in [0.05, 0.1) is 17.4 Å². The molecule has 1 aromatic carbocycles. The van der Waals surface area contributed by atoms with E-state index in [-0.39, 0.29) is 11.5 Å². The van der Waals surface area contributed by atoms with Crippen LogP contribution in [0.1, 0.15) is 58.2 Å². The number of carbonyl (C=O) groups excluding carboxylic acids is 1. The summed E-state index contributed by atoms with van der Waals surface area (Å²) in [6, 6.07) is 7.25. The van der Waals surface area contributed by atoms with Crippen LogP contribution in [0.2, 0.25) is 0 Å². The van der Waals surface area contributed by atoms with Gasteiger partial charge >= 0.3 is 0 Å². The first-order valence-electron chi connectivity index (χ1n) is 8.91. The zero-order chi connectivity index (χ0) is 17.4. The molecule has 0 radical (unpaired) electrons. The van der Waals surface area contributed by atoms with Crippen molar-refractivity contribution in [2.75, 3.05) is 6.54 Å². The maximum atomic E-state index is 12.4. The Labute approximate surface area is 143 Å². The van der Waals surface area contributed by atoms with Crippen molar-refractivity contribution < 1.29 is 4.79 Å². The van der Waals surface area contributed by atoms with E-state index < -0.39 is 0 Å². The van der Waals surface area contributed by atoms with E-state index in [1.807, 2.05) is 25.1 Å². The Bertz CT molecular complexity index is 724. The number of benzene rings is 1. The number of hydrogen-bond donors (Lipinski definition) is 1. The Morgan fingerprint density at radius 3 is 2.62 bits per heavy atom. The normalized spacial score (nSPS) is 10.9. The second-order valence-corrected chi connectivity index (χ2v) is 6.10. The SMILES string of the molecule is CCCCCCCC(=O)N(CC)Cc1nc2ccccc2c(=O)[nH]1. The number of aromatic amines is 1. The van der Waals surface area contributed by atoms with Crippen molar-refractivity contribution in [2.24, 2.45) is 0 Å². The molecule has 1 heterocycles. The molecule has 0 fully saturated rings. The van der Waals surface area contributed by atoms with Crippen molar-refractivity contribution in [3.05, 3.63) is 40.4 Å². The first kappa shape index (κ1) is 18.2. The molecule has 2 rings (SSSR count). The maximum absolute atomic E-state index is 12.4. The van der Waals surface area contributed by atoms with Crippen LogP contribution in [0.4, 0.5) is 0 Å². The van der Waals surface area contributed by atoms with Crippen LogP contribution in [0, 0.1) is 0 Å². The van der Waals surface area contributed by atoms with E-state index in [1.54, 1.807) is 11.0 Å². The van der Waals surface area contributed by atoms with Crippen LogP contribution < -0.4 is 5.56 Å².